The lowest BCUT2D eigenvalue weighted by molar-refractivity contribution is 0.103. The Morgan fingerprint density at radius 3 is 3.06 bits per heavy atom. The molecule has 92 valence electrons. The minimum absolute atomic E-state index is 0.0256. The summed E-state index contributed by atoms with van der Waals surface area (Å²) in [6.45, 7) is 0.0256. The summed E-state index contributed by atoms with van der Waals surface area (Å²) in [4.78, 5) is 16.5. The highest BCUT2D eigenvalue weighted by Crippen LogP contribution is 2.19. The maximum absolute atomic E-state index is 12.0. The van der Waals surface area contributed by atoms with Gasteiger partial charge >= 0.3 is 0 Å². The number of carbonyl (C=O) groups excluding carboxylic acids is 1. The topological polar surface area (TPSA) is 62.2 Å². The van der Waals surface area contributed by atoms with Gasteiger partial charge in [0.1, 0.15) is 4.88 Å². The lowest BCUT2D eigenvalue weighted by Crippen LogP contribution is -2.11. The van der Waals surface area contributed by atoms with Gasteiger partial charge in [-0.1, -0.05) is 11.8 Å². The second-order valence-corrected chi connectivity index (χ2v) is 5.04. The smallest absolute Gasteiger partial charge is 0.268 e. The Labute approximate surface area is 112 Å². The van der Waals surface area contributed by atoms with E-state index in [2.05, 4.69) is 22.1 Å². The Bertz CT molecular complexity index is 579. The van der Waals surface area contributed by atoms with E-state index in [4.69, 9.17) is 5.11 Å². The lowest BCUT2D eigenvalue weighted by Gasteiger charge is -1.99. The predicted octanol–water partition coefficient (Wildman–Crippen LogP) is 2.19. The Hall–Kier alpha value is -1.68. The molecule has 0 aromatic carbocycles. The molecule has 0 saturated heterocycles. The molecule has 0 fully saturated rings. The molecule has 0 saturated carbocycles. The van der Waals surface area contributed by atoms with Gasteiger partial charge in [-0.25, -0.2) is 4.98 Å². The number of aliphatic hydroxyl groups is 1. The third-order valence-corrected chi connectivity index (χ3v) is 3.59. The van der Waals surface area contributed by atoms with Crippen molar-refractivity contribution in [2.24, 2.45) is 0 Å². The third-order valence-electron chi connectivity index (χ3n) is 1.98. The molecule has 0 unspecified atom stereocenters. The SMILES string of the molecule is O=C(Nc1nccs1)c1sccc1C#CCCO. The van der Waals surface area contributed by atoms with Gasteiger partial charge in [-0.2, -0.15) is 0 Å². The fraction of sp³-hybridized carbons (Fsp3) is 0.167. The maximum Gasteiger partial charge on any atom is 0.268 e. The monoisotopic (exact) mass is 278 g/mol. The minimum Gasteiger partial charge on any atom is -0.395 e. The van der Waals surface area contributed by atoms with E-state index in [0.717, 1.165) is 0 Å². The second-order valence-electron chi connectivity index (χ2n) is 3.23. The van der Waals surface area contributed by atoms with Gasteiger partial charge in [0.05, 0.1) is 6.61 Å². The number of rotatable bonds is 3. The van der Waals surface area contributed by atoms with E-state index < -0.39 is 0 Å². The molecule has 0 spiro atoms. The molecule has 0 atom stereocenters. The highest BCUT2D eigenvalue weighted by atomic mass is 32.1. The highest BCUT2D eigenvalue weighted by Gasteiger charge is 2.12. The van der Waals surface area contributed by atoms with Gasteiger partial charge in [0, 0.05) is 23.6 Å². The standard InChI is InChI=1S/C12H10N2O2S2/c15-6-2-1-3-9-4-7-17-10(9)11(16)14-12-13-5-8-18-12/h4-5,7-8,15H,2,6H2,(H,13,14,16). The van der Waals surface area contributed by atoms with Crippen LogP contribution in [0.4, 0.5) is 5.13 Å². The van der Waals surface area contributed by atoms with Gasteiger partial charge in [0.25, 0.3) is 5.91 Å². The number of hydrogen-bond donors (Lipinski definition) is 2. The van der Waals surface area contributed by atoms with Crippen LogP contribution in [0.15, 0.2) is 23.0 Å². The van der Waals surface area contributed by atoms with Crippen LogP contribution in [-0.4, -0.2) is 22.6 Å². The van der Waals surface area contributed by atoms with Crippen molar-refractivity contribution in [2.75, 3.05) is 11.9 Å². The lowest BCUT2D eigenvalue weighted by atomic mass is 10.2. The van der Waals surface area contributed by atoms with E-state index in [-0.39, 0.29) is 12.5 Å². The number of anilines is 1. The van der Waals surface area contributed by atoms with Gasteiger partial charge in [-0.05, 0) is 11.4 Å². The van der Waals surface area contributed by atoms with Crippen molar-refractivity contribution in [3.8, 4) is 11.8 Å². The van der Waals surface area contributed by atoms with Crippen molar-refractivity contribution >= 4 is 33.7 Å². The number of nitrogens with one attached hydrogen (secondary N) is 1. The van der Waals surface area contributed by atoms with Gasteiger partial charge in [0.15, 0.2) is 5.13 Å². The fourth-order valence-electron chi connectivity index (χ4n) is 1.24. The molecule has 1 amide bonds. The first kappa shape index (κ1) is 12.8. The zero-order chi connectivity index (χ0) is 12.8. The Balaban J connectivity index is 2.12. The Morgan fingerprint density at radius 1 is 1.44 bits per heavy atom. The van der Waals surface area contributed by atoms with Crippen LogP contribution in [0, 0.1) is 11.8 Å². The van der Waals surface area contributed by atoms with Crippen molar-refractivity contribution in [1.82, 2.24) is 4.98 Å². The van der Waals surface area contributed by atoms with E-state index in [1.165, 1.54) is 22.7 Å². The number of carbonyl (C=O) groups is 1. The first-order valence-corrected chi connectivity index (χ1v) is 6.95. The molecule has 2 aromatic rings. The highest BCUT2D eigenvalue weighted by molar-refractivity contribution is 7.14. The number of aromatic nitrogens is 1. The first-order valence-electron chi connectivity index (χ1n) is 5.19. The number of hydrogen-bond acceptors (Lipinski definition) is 5. The van der Waals surface area contributed by atoms with Crippen LogP contribution in [-0.2, 0) is 0 Å². The zero-order valence-corrected chi connectivity index (χ0v) is 11.0. The molecule has 18 heavy (non-hydrogen) atoms. The van der Waals surface area contributed by atoms with E-state index in [0.29, 0.717) is 22.0 Å². The minimum atomic E-state index is -0.201. The van der Waals surface area contributed by atoms with Crippen molar-refractivity contribution < 1.29 is 9.90 Å². The van der Waals surface area contributed by atoms with Crippen molar-refractivity contribution in [2.45, 2.75) is 6.42 Å². The summed E-state index contributed by atoms with van der Waals surface area (Å²) in [5.41, 5.74) is 0.683. The van der Waals surface area contributed by atoms with Crippen LogP contribution in [0.1, 0.15) is 21.7 Å². The van der Waals surface area contributed by atoms with Crippen LogP contribution in [0.25, 0.3) is 0 Å². The zero-order valence-electron chi connectivity index (χ0n) is 9.34. The van der Waals surface area contributed by atoms with E-state index >= 15 is 0 Å². The summed E-state index contributed by atoms with van der Waals surface area (Å²) < 4.78 is 0. The molecule has 4 nitrogen and oxygen atoms in total. The first-order chi connectivity index (χ1) is 8.81. The summed E-state index contributed by atoms with van der Waals surface area (Å²) in [5, 5.41) is 15.6. The number of thiophene rings is 1. The van der Waals surface area contributed by atoms with E-state index in [1.807, 2.05) is 5.38 Å². The van der Waals surface area contributed by atoms with Crippen LogP contribution < -0.4 is 5.32 Å². The molecule has 0 aliphatic rings. The van der Waals surface area contributed by atoms with Gasteiger partial charge in [0.2, 0.25) is 0 Å². The van der Waals surface area contributed by atoms with Crippen LogP contribution in [0.3, 0.4) is 0 Å². The van der Waals surface area contributed by atoms with Gasteiger partial charge < -0.3 is 5.11 Å². The molecular formula is C12H10N2O2S2. The summed E-state index contributed by atoms with van der Waals surface area (Å²) in [7, 11) is 0. The number of amides is 1. The summed E-state index contributed by atoms with van der Waals surface area (Å²) in [5.74, 6) is 5.48. The normalized spacial score (nSPS) is 9.61. The fourth-order valence-corrected chi connectivity index (χ4v) is 2.50. The molecule has 6 heteroatoms. The molecular weight excluding hydrogens is 268 g/mol. The molecule has 0 radical (unpaired) electrons. The van der Waals surface area contributed by atoms with Crippen LogP contribution in [0.5, 0.6) is 0 Å². The molecule has 2 N–H and O–H groups in total. The van der Waals surface area contributed by atoms with Crippen molar-refractivity contribution in [3.63, 3.8) is 0 Å². The quantitative estimate of drug-likeness (QED) is 0.846. The number of nitrogens with zero attached hydrogens (tertiary/aromatic N) is 1. The molecule has 2 rings (SSSR count). The van der Waals surface area contributed by atoms with Gasteiger partial charge in [-0.15, -0.1) is 22.7 Å². The van der Waals surface area contributed by atoms with Crippen molar-refractivity contribution in [3.05, 3.63) is 33.5 Å². The van der Waals surface area contributed by atoms with Gasteiger partial charge in [-0.3, -0.25) is 10.1 Å². The van der Waals surface area contributed by atoms with Crippen molar-refractivity contribution in [1.29, 1.82) is 0 Å². The average Bonchev–Trinajstić information content (AvgIpc) is 3.00. The molecule has 2 aromatic heterocycles. The molecule has 0 bridgehead atoms. The number of aliphatic hydroxyl groups excluding tert-OH is 1. The Morgan fingerprint density at radius 2 is 2.33 bits per heavy atom. The number of thiazole rings is 1. The maximum atomic E-state index is 12.0. The molecule has 2 heterocycles. The Kier molecular flexibility index (Phi) is 4.47. The summed E-state index contributed by atoms with van der Waals surface area (Å²) in [6, 6.07) is 1.80. The summed E-state index contributed by atoms with van der Waals surface area (Å²) >= 11 is 2.71. The third kappa shape index (κ3) is 3.17. The second kappa shape index (κ2) is 6.31. The average molecular weight is 278 g/mol. The largest absolute Gasteiger partial charge is 0.395 e. The predicted molar refractivity (Wildman–Crippen MR) is 73.0 cm³/mol. The van der Waals surface area contributed by atoms with E-state index in [1.54, 1.807) is 17.6 Å². The van der Waals surface area contributed by atoms with Crippen LogP contribution >= 0.6 is 22.7 Å². The summed E-state index contributed by atoms with van der Waals surface area (Å²) in [6.07, 6.45) is 2.04. The van der Waals surface area contributed by atoms with Crippen LogP contribution in [0.2, 0.25) is 0 Å². The molecule has 0 aliphatic carbocycles. The molecule has 0 aliphatic heterocycles. The van der Waals surface area contributed by atoms with E-state index in [9.17, 15) is 4.79 Å².